The zero-order chi connectivity index (χ0) is 13.0. The average molecular weight is 244 g/mol. The highest BCUT2D eigenvalue weighted by atomic mass is 16.3. The molecule has 0 fully saturated rings. The molecule has 18 heavy (non-hydrogen) atoms. The molecule has 3 heteroatoms. The van der Waals surface area contributed by atoms with Gasteiger partial charge in [-0.1, -0.05) is 19.1 Å². The maximum Gasteiger partial charge on any atom is 0.0741 e. The van der Waals surface area contributed by atoms with Crippen molar-refractivity contribution in [3.05, 3.63) is 42.1 Å². The van der Waals surface area contributed by atoms with Crippen molar-refractivity contribution in [2.75, 3.05) is 6.54 Å². The van der Waals surface area contributed by atoms with E-state index in [9.17, 15) is 5.11 Å². The SMILES string of the molecule is CCC(C)(O)CNCc1ccc2ncccc2c1. The summed E-state index contributed by atoms with van der Waals surface area (Å²) in [5, 5.41) is 14.3. The van der Waals surface area contributed by atoms with Gasteiger partial charge in [0.15, 0.2) is 0 Å². The van der Waals surface area contributed by atoms with Crippen molar-refractivity contribution in [2.24, 2.45) is 0 Å². The lowest BCUT2D eigenvalue weighted by atomic mass is 10.0. The number of aromatic nitrogens is 1. The number of pyridine rings is 1. The smallest absolute Gasteiger partial charge is 0.0741 e. The fourth-order valence-electron chi connectivity index (χ4n) is 1.84. The summed E-state index contributed by atoms with van der Waals surface area (Å²) in [5.74, 6) is 0. The van der Waals surface area contributed by atoms with E-state index in [1.807, 2.05) is 26.0 Å². The highest BCUT2D eigenvalue weighted by Crippen LogP contribution is 2.13. The minimum atomic E-state index is -0.627. The molecule has 2 N–H and O–H groups in total. The summed E-state index contributed by atoms with van der Waals surface area (Å²) >= 11 is 0. The molecule has 0 bridgehead atoms. The lowest BCUT2D eigenvalue weighted by molar-refractivity contribution is 0.0556. The number of hydrogen-bond donors (Lipinski definition) is 2. The Morgan fingerprint density at radius 3 is 2.94 bits per heavy atom. The molecule has 0 saturated heterocycles. The van der Waals surface area contributed by atoms with Crippen molar-refractivity contribution >= 4 is 10.9 Å². The Kier molecular flexibility index (Phi) is 3.94. The molecule has 3 nitrogen and oxygen atoms in total. The van der Waals surface area contributed by atoms with Crippen LogP contribution < -0.4 is 5.32 Å². The van der Waals surface area contributed by atoms with Crippen LogP contribution in [0.25, 0.3) is 10.9 Å². The second-order valence-electron chi connectivity index (χ2n) is 4.98. The van der Waals surface area contributed by atoms with Crippen LogP contribution in [0.3, 0.4) is 0 Å². The largest absolute Gasteiger partial charge is 0.389 e. The van der Waals surface area contributed by atoms with Crippen LogP contribution in [-0.2, 0) is 6.54 Å². The van der Waals surface area contributed by atoms with Gasteiger partial charge in [0.25, 0.3) is 0 Å². The number of nitrogens with one attached hydrogen (secondary N) is 1. The zero-order valence-electron chi connectivity index (χ0n) is 11.0. The molecular weight excluding hydrogens is 224 g/mol. The van der Waals surface area contributed by atoms with Crippen LogP contribution in [0.2, 0.25) is 0 Å². The second-order valence-corrected chi connectivity index (χ2v) is 4.98. The van der Waals surface area contributed by atoms with Crippen molar-refractivity contribution in [1.29, 1.82) is 0 Å². The molecule has 0 radical (unpaired) electrons. The summed E-state index contributed by atoms with van der Waals surface area (Å²) in [6, 6.07) is 10.2. The normalized spacial score (nSPS) is 14.6. The van der Waals surface area contributed by atoms with E-state index in [0.717, 1.165) is 23.9 Å². The summed E-state index contributed by atoms with van der Waals surface area (Å²) in [7, 11) is 0. The minimum absolute atomic E-state index is 0.606. The van der Waals surface area contributed by atoms with Crippen molar-refractivity contribution in [2.45, 2.75) is 32.4 Å². The van der Waals surface area contributed by atoms with Crippen LogP contribution in [0, 0.1) is 0 Å². The van der Waals surface area contributed by atoms with Crippen LogP contribution in [0.1, 0.15) is 25.8 Å². The van der Waals surface area contributed by atoms with Crippen LogP contribution in [0.5, 0.6) is 0 Å². The third kappa shape index (κ3) is 3.28. The second kappa shape index (κ2) is 5.46. The first kappa shape index (κ1) is 13.0. The van der Waals surface area contributed by atoms with Crippen LogP contribution in [-0.4, -0.2) is 22.2 Å². The summed E-state index contributed by atoms with van der Waals surface area (Å²) in [5.41, 5.74) is 1.60. The van der Waals surface area contributed by atoms with Gasteiger partial charge in [-0.3, -0.25) is 4.98 Å². The highest BCUT2D eigenvalue weighted by molar-refractivity contribution is 5.78. The van der Waals surface area contributed by atoms with E-state index in [4.69, 9.17) is 0 Å². The molecule has 0 aliphatic carbocycles. The zero-order valence-corrected chi connectivity index (χ0v) is 11.0. The van der Waals surface area contributed by atoms with E-state index >= 15 is 0 Å². The maximum atomic E-state index is 9.90. The van der Waals surface area contributed by atoms with Crippen molar-refractivity contribution in [1.82, 2.24) is 10.3 Å². The number of aliphatic hydroxyl groups is 1. The van der Waals surface area contributed by atoms with Gasteiger partial charge < -0.3 is 10.4 Å². The fourth-order valence-corrected chi connectivity index (χ4v) is 1.84. The van der Waals surface area contributed by atoms with Crippen molar-refractivity contribution in [3.8, 4) is 0 Å². The summed E-state index contributed by atoms with van der Waals surface area (Å²) < 4.78 is 0. The van der Waals surface area contributed by atoms with Gasteiger partial charge in [0, 0.05) is 24.7 Å². The maximum absolute atomic E-state index is 9.90. The number of rotatable bonds is 5. The molecule has 2 aromatic rings. The van der Waals surface area contributed by atoms with Crippen molar-refractivity contribution < 1.29 is 5.11 Å². The minimum Gasteiger partial charge on any atom is -0.389 e. The number of benzene rings is 1. The highest BCUT2D eigenvalue weighted by Gasteiger charge is 2.16. The molecule has 96 valence electrons. The fraction of sp³-hybridized carbons (Fsp3) is 0.400. The van der Waals surface area contributed by atoms with E-state index in [0.29, 0.717) is 6.54 Å². The molecule has 0 amide bonds. The standard InChI is InChI=1S/C15H20N2O/c1-3-15(2,18)11-16-10-12-6-7-14-13(9-12)5-4-8-17-14/h4-9,16,18H,3,10-11H2,1-2H3. The van der Waals surface area contributed by atoms with Gasteiger partial charge in [0.2, 0.25) is 0 Å². The molecule has 1 aromatic heterocycles. The molecule has 0 saturated carbocycles. The first-order valence-corrected chi connectivity index (χ1v) is 6.37. The Morgan fingerprint density at radius 1 is 1.33 bits per heavy atom. The van der Waals surface area contributed by atoms with Crippen LogP contribution in [0.15, 0.2) is 36.5 Å². The molecule has 1 atom stereocenters. The monoisotopic (exact) mass is 244 g/mol. The average Bonchev–Trinajstić information content (AvgIpc) is 2.38. The molecule has 1 aromatic carbocycles. The Morgan fingerprint density at radius 2 is 2.17 bits per heavy atom. The third-order valence-corrected chi connectivity index (χ3v) is 3.26. The first-order chi connectivity index (χ1) is 8.61. The Bertz CT molecular complexity index is 523. The van der Waals surface area contributed by atoms with Gasteiger partial charge in [0.05, 0.1) is 11.1 Å². The van der Waals surface area contributed by atoms with Gasteiger partial charge in [-0.15, -0.1) is 0 Å². The molecule has 1 heterocycles. The Balaban J connectivity index is 2.00. The number of fused-ring (bicyclic) bond motifs is 1. The van der Waals surface area contributed by atoms with Gasteiger partial charge in [-0.25, -0.2) is 0 Å². The Hall–Kier alpha value is -1.45. The van der Waals surface area contributed by atoms with E-state index in [-0.39, 0.29) is 0 Å². The predicted molar refractivity (Wildman–Crippen MR) is 74.4 cm³/mol. The lowest BCUT2D eigenvalue weighted by Crippen LogP contribution is -2.36. The van der Waals surface area contributed by atoms with E-state index in [1.54, 1.807) is 6.20 Å². The van der Waals surface area contributed by atoms with Gasteiger partial charge in [0.1, 0.15) is 0 Å². The van der Waals surface area contributed by atoms with Gasteiger partial charge >= 0.3 is 0 Å². The lowest BCUT2D eigenvalue weighted by Gasteiger charge is -2.21. The van der Waals surface area contributed by atoms with E-state index in [2.05, 4.69) is 28.5 Å². The topological polar surface area (TPSA) is 45.1 Å². The molecule has 2 rings (SSSR count). The van der Waals surface area contributed by atoms with Crippen LogP contribution in [0.4, 0.5) is 0 Å². The van der Waals surface area contributed by atoms with E-state index in [1.165, 1.54) is 5.56 Å². The predicted octanol–water partition coefficient (Wildman–Crippen LogP) is 2.49. The van der Waals surface area contributed by atoms with Crippen LogP contribution >= 0.6 is 0 Å². The molecular formula is C15H20N2O. The summed E-state index contributed by atoms with van der Waals surface area (Å²) in [4.78, 5) is 4.29. The molecule has 0 aliphatic heterocycles. The van der Waals surface area contributed by atoms with Crippen molar-refractivity contribution in [3.63, 3.8) is 0 Å². The van der Waals surface area contributed by atoms with Gasteiger partial charge in [-0.2, -0.15) is 0 Å². The molecule has 1 unspecified atom stereocenters. The number of nitrogens with zero attached hydrogens (tertiary/aromatic N) is 1. The molecule has 0 spiro atoms. The molecule has 0 aliphatic rings. The number of hydrogen-bond acceptors (Lipinski definition) is 3. The van der Waals surface area contributed by atoms with Gasteiger partial charge in [-0.05, 0) is 37.1 Å². The third-order valence-electron chi connectivity index (χ3n) is 3.26. The summed E-state index contributed by atoms with van der Waals surface area (Å²) in [6.45, 7) is 5.21. The summed E-state index contributed by atoms with van der Waals surface area (Å²) in [6.07, 6.45) is 2.56. The Labute approximate surface area is 108 Å². The quantitative estimate of drug-likeness (QED) is 0.849. The first-order valence-electron chi connectivity index (χ1n) is 6.37. The van der Waals surface area contributed by atoms with E-state index < -0.39 is 5.60 Å².